The van der Waals surface area contributed by atoms with Crippen molar-refractivity contribution in [2.75, 3.05) is 0 Å². The summed E-state index contributed by atoms with van der Waals surface area (Å²) in [5.41, 5.74) is 6.77. The minimum Gasteiger partial charge on any atom is -0.323 e. The fourth-order valence-electron chi connectivity index (χ4n) is 1.52. The van der Waals surface area contributed by atoms with E-state index in [1.807, 2.05) is 25.1 Å². The van der Waals surface area contributed by atoms with E-state index < -0.39 is 0 Å². The van der Waals surface area contributed by atoms with Gasteiger partial charge in [-0.15, -0.1) is 0 Å². The van der Waals surface area contributed by atoms with Crippen LogP contribution >= 0.6 is 15.9 Å². The topological polar surface area (TPSA) is 71.8 Å². The van der Waals surface area contributed by atoms with Crippen molar-refractivity contribution in [3.63, 3.8) is 0 Å². The summed E-state index contributed by atoms with van der Waals surface area (Å²) < 4.78 is 0.799. The summed E-state index contributed by atoms with van der Waals surface area (Å²) in [5.74, 6) is 0. The van der Waals surface area contributed by atoms with Gasteiger partial charge in [0, 0.05) is 21.6 Å². The van der Waals surface area contributed by atoms with E-state index in [-0.39, 0.29) is 11.7 Å². The van der Waals surface area contributed by atoms with Crippen LogP contribution in [0, 0.1) is 0 Å². The number of H-pyrrole nitrogens is 1. The molecule has 0 aliphatic carbocycles. The van der Waals surface area contributed by atoms with Gasteiger partial charge in [-0.05, 0) is 28.9 Å². The number of rotatable bonds is 1. The minimum absolute atomic E-state index is 0.225. The third-order valence-corrected chi connectivity index (χ3v) is 2.83. The fraction of sp³-hybridized carbons (Fsp3) is 0.200. The molecule has 0 saturated heterocycles. The summed E-state index contributed by atoms with van der Waals surface area (Å²) in [6, 6.07) is 5.40. The van der Waals surface area contributed by atoms with Gasteiger partial charge in [0.05, 0.1) is 5.52 Å². The van der Waals surface area contributed by atoms with Crippen molar-refractivity contribution >= 4 is 26.8 Å². The predicted octanol–water partition coefficient (Wildman–Crippen LogP) is 1.71. The number of nitrogens with two attached hydrogens (primary N) is 1. The molecule has 1 aromatic heterocycles. The van der Waals surface area contributed by atoms with E-state index in [0.717, 1.165) is 9.86 Å². The number of fused-ring (bicyclic) bond motifs is 1. The van der Waals surface area contributed by atoms with Gasteiger partial charge in [0.15, 0.2) is 0 Å². The van der Waals surface area contributed by atoms with E-state index in [1.165, 1.54) is 0 Å². The van der Waals surface area contributed by atoms with E-state index >= 15 is 0 Å². The smallest absolute Gasteiger partial charge is 0.323 e. The molecule has 15 heavy (non-hydrogen) atoms. The summed E-state index contributed by atoms with van der Waals surface area (Å²) in [6.07, 6.45) is 0. The normalized spacial score (nSPS) is 13.0. The Labute approximate surface area is 94.7 Å². The van der Waals surface area contributed by atoms with Gasteiger partial charge in [0.25, 0.3) is 0 Å². The zero-order valence-electron chi connectivity index (χ0n) is 8.12. The molecule has 0 amide bonds. The molecule has 0 aliphatic heterocycles. The highest BCUT2D eigenvalue weighted by atomic mass is 79.9. The van der Waals surface area contributed by atoms with Gasteiger partial charge in [-0.2, -0.15) is 4.98 Å². The maximum atomic E-state index is 11.3. The van der Waals surface area contributed by atoms with Gasteiger partial charge in [-0.3, -0.25) is 0 Å². The SMILES string of the molecule is CC(N)c1[nH]c(=O)nc2c(Br)cccc12. The largest absolute Gasteiger partial charge is 0.345 e. The second-order valence-electron chi connectivity index (χ2n) is 3.38. The Morgan fingerprint density at radius 2 is 2.27 bits per heavy atom. The van der Waals surface area contributed by atoms with Crippen molar-refractivity contribution in [3.8, 4) is 0 Å². The first-order valence-corrected chi connectivity index (χ1v) is 5.33. The molecule has 0 spiro atoms. The van der Waals surface area contributed by atoms with Crippen molar-refractivity contribution in [1.29, 1.82) is 0 Å². The average molecular weight is 268 g/mol. The molecule has 2 aromatic rings. The lowest BCUT2D eigenvalue weighted by Crippen LogP contribution is -2.18. The van der Waals surface area contributed by atoms with Gasteiger partial charge in [0.1, 0.15) is 0 Å². The second-order valence-corrected chi connectivity index (χ2v) is 4.23. The third-order valence-electron chi connectivity index (χ3n) is 2.19. The summed E-state index contributed by atoms with van der Waals surface area (Å²) in [5, 5.41) is 0.874. The molecule has 5 heteroatoms. The Morgan fingerprint density at radius 3 is 2.93 bits per heavy atom. The van der Waals surface area contributed by atoms with Crippen LogP contribution in [0.4, 0.5) is 0 Å². The molecule has 78 valence electrons. The highest BCUT2D eigenvalue weighted by molar-refractivity contribution is 9.10. The number of nitrogens with one attached hydrogen (secondary N) is 1. The van der Waals surface area contributed by atoms with Crippen LogP contribution in [0.25, 0.3) is 10.9 Å². The van der Waals surface area contributed by atoms with Crippen LogP contribution in [-0.4, -0.2) is 9.97 Å². The Kier molecular flexibility index (Phi) is 2.58. The number of nitrogens with zero attached hydrogens (tertiary/aromatic N) is 1. The number of halogens is 1. The summed E-state index contributed by atoms with van der Waals surface area (Å²) in [6.45, 7) is 1.83. The zero-order chi connectivity index (χ0) is 11.0. The Morgan fingerprint density at radius 1 is 1.53 bits per heavy atom. The van der Waals surface area contributed by atoms with Gasteiger partial charge < -0.3 is 10.7 Å². The molecule has 0 radical (unpaired) electrons. The highest BCUT2D eigenvalue weighted by Gasteiger charge is 2.09. The van der Waals surface area contributed by atoms with Crippen LogP contribution in [-0.2, 0) is 0 Å². The van der Waals surface area contributed by atoms with E-state index in [9.17, 15) is 4.79 Å². The highest BCUT2D eigenvalue weighted by Crippen LogP contribution is 2.24. The maximum Gasteiger partial charge on any atom is 0.345 e. The molecular weight excluding hydrogens is 258 g/mol. The molecule has 0 aliphatic rings. The Hall–Kier alpha value is -1.20. The lowest BCUT2D eigenvalue weighted by molar-refractivity contribution is 0.779. The lowest BCUT2D eigenvalue weighted by Gasteiger charge is -2.09. The molecule has 4 nitrogen and oxygen atoms in total. The molecule has 0 saturated carbocycles. The van der Waals surface area contributed by atoms with Crippen molar-refractivity contribution in [3.05, 3.63) is 38.9 Å². The third kappa shape index (κ3) is 1.80. The molecule has 0 fully saturated rings. The van der Waals surface area contributed by atoms with Crippen LogP contribution in [0.2, 0.25) is 0 Å². The molecular formula is C10H10BrN3O. The minimum atomic E-state index is -0.373. The first-order valence-electron chi connectivity index (χ1n) is 4.53. The van der Waals surface area contributed by atoms with E-state index in [2.05, 4.69) is 25.9 Å². The lowest BCUT2D eigenvalue weighted by atomic mass is 10.1. The molecule has 1 unspecified atom stereocenters. The summed E-state index contributed by atoms with van der Waals surface area (Å²) >= 11 is 3.36. The van der Waals surface area contributed by atoms with E-state index in [4.69, 9.17) is 5.73 Å². The number of hydrogen-bond donors (Lipinski definition) is 2. The Bertz CT molecular complexity index is 562. The van der Waals surface area contributed by atoms with Crippen LogP contribution in [0.3, 0.4) is 0 Å². The molecule has 0 bridgehead atoms. The number of benzene rings is 1. The van der Waals surface area contributed by atoms with Gasteiger partial charge in [0.2, 0.25) is 0 Å². The quantitative estimate of drug-likeness (QED) is 0.826. The van der Waals surface area contributed by atoms with Crippen molar-refractivity contribution in [2.45, 2.75) is 13.0 Å². The fourth-order valence-corrected chi connectivity index (χ4v) is 1.97. The number of aromatic nitrogens is 2. The molecule has 1 atom stereocenters. The van der Waals surface area contributed by atoms with Crippen LogP contribution in [0.1, 0.15) is 18.7 Å². The molecule has 3 N–H and O–H groups in total. The monoisotopic (exact) mass is 267 g/mol. The van der Waals surface area contributed by atoms with Gasteiger partial charge in [-0.1, -0.05) is 12.1 Å². The Balaban J connectivity index is 2.93. The van der Waals surface area contributed by atoms with Crippen LogP contribution < -0.4 is 11.4 Å². The molecule has 2 rings (SSSR count). The number of aromatic amines is 1. The van der Waals surface area contributed by atoms with Gasteiger partial charge in [-0.25, -0.2) is 4.79 Å². The molecule has 1 aromatic carbocycles. The average Bonchev–Trinajstić information content (AvgIpc) is 2.18. The van der Waals surface area contributed by atoms with Gasteiger partial charge >= 0.3 is 5.69 Å². The predicted molar refractivity (Wildman–Crippen MR) is 62.7 cm³/mol. The van der Waals surface area contributed by atoms with E-state index in [0.29, 0.717) is 11.2 Å². The second kappa shape index (κ2) is 3.75. The van der Waals surface area contributed by atoms with Crippen molar-refractivity contribution in [2.24, 2.45) is 5.73 Å². The van der Waals surface area contributed by atoms with Crippen LogP contribution in [0.15, 0.2) is 27.5 Å². The molecule has 1 heterocycles. The first-order chi connectivity index (χ1) is 7.09. The van der Waals surface area contributed by atoms with Crippen molar-refractivity contribution < 1.29 is 0 Å². The number of para-hydroxylation sites is 1. The zero-order valence-corrected chi connectivity index (χ0v) is 9.71. The maximum absolute atomic E-state index is 11.3. The summed E-state index contributed by atoms with van der Waals surface area (Å²) in [4.78, 5) is 17.9. The van der Waals surface area contributed by atoms with Crippen LogP contribution in [0.5, 0.6) is 0 Å². The first kappa shape index (κ1) is 10.3. The van der Waals surface area contributed by atoms with Crippen molar-refractivity contribution in [1.82, 2.24) is 9.97 Å². The number of hydrogen-bond acceptors (Lipinski definition) is 3. The summed E-state index contributed by atoms with van der Waals surface area (Å²) in [7, 11) is 0. The standard InChI is InChI=1S/C10H10BrN3O/c1-5(12)8-6-3-2-4-7(11)9(6)14-10(15)13-8/h2-5H,12H2,1H3,(H,13,14,15). The van der Waals surface area contributed by atoms with E-state index in [1.54, 1.807) is 0 Å².